The molecule has 0 nitrogen and oxygen atoms in total. The number of hydrogen-bond donors (Lipinski definition) is 0. The van der Waals surface area contributed by atoms with Crippen LogP contribution in [0.25, 0.3) is 120 Å². The SMILES string of the molecule is c1ccc(-c2cc3ccccc3cc2-c2ccc3c(c2)c2ccccc2c2c4ccc(-c5cc6ccccc6cc5-c5ccccc5)cc4c4ccccc4c32)cc1. The van der Waals surface area contributed by atoms with Gasteiger partial charge in [-0.25, -0.2) is 0 Å². The molecule has 12 aromatic carbocycles. The van der Waals surface area contributed by atoms with Gasteiger partial charge in [-0.15, -0.1) is 0 Å². The molecule has 0 fully saturated rings. The first-order chi connectivity index (χ1) is 28.8. The van der Waals surface area contributed by atoms with Crippen molar-refractivity contribution in [1.82, 2.24) is 0 Å². The normalized spacial score (nSPS) is 11.8. The minimum Gasteiger partial charge on any atom is -0.0622 e. The van der Waals surface area contributed by atoms with E-state index in [4.69, 9.17) is 0 Å². The third-order valence-corrected chi connectivity index (χ3v) is 12.4. The second-order valence-corrected chi connectivity index (χ2v) is 15.6. The summed E-state index contributed by atoms with van der Waals surface area (Å²) in [6.07, 6.45) is 0. The molecule has 0 aliphatic rings. The molecule has 0 unspecified atom stereocenters. The molecular formula is C58H36. The second-order valence-electron chi connectivity index (χ2n) is 15.6. The quantitative estimate of drug-likeness (QED) is 0.158. The third kappa shape index (κ3) is 5.09. The smallest absolute Gasteiger partial charge is 0.00139 e. The van der Waals surface area contributed by atoms with E-state index in [1.54, 1.807) is 0 Å². The molecule has 0 heterocycles. The maximum absolute atomic E-state index is 2.44. The van der Waals surface area contributed by atoms with Crippen LogP contribution < -0.4 is 0 Å². The van der Waals surface area contributed by atoms with Crippen molar-refractivity contribution in [1.29, 1.82) is 0 Å². The Labute approximate surface area is 336 Å². The van der Waals surface area contributed by atoms with Gasteiger partial charge in [-0.2, -0.15) is 0 Å². The van der Waals surface area contributed by atoms with Gasteiger partial charge in [0, 0.05) is 0 Å². The maximum atomic E-state index is 2.44. The molecule has 0 amide bonds. The largest absolute Gasteiger partial charge is 0.0622 e. The highest BCUT2D eigenvalue weighted by Gasteiger charge is 2.19. The van der Waals surface area contributed by atoms with Crippen molar-refractivity contribution in [2.75, 3.05) is 0 Å². The van der Waals surface area contributed by atoms with E-state index in [0.29, 0.717) is 0 Å². The van der Waals surface area contributed by atoms with Gasteiger partial charge in [-0.05, 0) is 156 Å². The number of benzene rings is 12. The van der Waals surface area contributed by atoms with Crippen LogP contribution in [0.3, 0.4) is 0 Å². The van der Waals surface area contributed by atoms with Gasteiger partial charge < -0.3 is 0 Å². The van der Waals surface area contributed by atoms with Crippen LogP contribution >= 0.6 is 0 Å². The molecule has 0 spiro atoms. The van der Waals surface area contributed by atoms with Gasteiger partial charge in [0.15, 0.2) is 0 Å². The maximum Gasteiger partial charge on any atom is -0.00139 e. The van der Waals surface area contributed by atoms with E-state index in [2.05, 4.69) is 218 Å². The van der Waals surface area contributed by atoms with E-state index < -0.39 is 0 Å². The zero-order chi connectivity index (χ0) is 38.2. The molecule has 0 saturated carbocycles. The van der Waals surface area contributed by atoms with Gasteiger partial charge in [0.1, 0.15) is 0 Å². The lowest BCUT2D eigenvalue weighted by atomic mass is 9.84. The highest BCUT2D eigenvalue weighted by molar-refractivity contribution is 6.39. The van der Waals surface area contributed by atoms with Gasteiger partial charge in [-0.1, -0.05) is 182 Å². The monoisotopic (exact) mass is 732 g/mol. The molecule has 12 aromatic rings. The predicted molar refractivity (Wildman–Crippen MR) is 251 cm³/mol. The summed E-state index contributed by atoms with van der Waals surface area (Å²) in [6.45, 7) is 0. The molecule has 0 atom stereocenters. The molecular weight excluding hydrogens is 697 g/mol. The van der Waals surface area contributed by atoms with E-state index in [-0.39, 0.29) is 0 Å². The Hall–Kier alpha value is -7.54. The predicted octanol–water partition coefficient (Wildman–Crippen LogP) is 16.4. The average molecular weight is 733 g/mol. The van der Waals surface area contributed by atoms with Crippen LogP contribution in [0.4, 0.5) is 0 Å². The topological polar surface area (TPSA) is 0 Å². The third-order valence-electron chi connectivity index (χ3n) is 12.4. The highest BCUT2D eigenvalue weighted by atomic mass is 14.2. The number of fused-ring (bicyclic) bond motifs is 13. The summed E-state index contributed by atoms with van der Waals surface area (Å²) in [5.74, 6) is 0. The van der Waals surface area contributed by atoms with E-state index >= 15 is 0 Å². The minimum atomic E-state index is 1.22. The summed E-state index contributed by atoms with van der Waals surface area (Å²) in [6, 6.07) is 80.9. The van der Waals surface area contributed by atoms with Gasteiger partial charge in [0.05, 0.1) is 0 Å². The Kier molecular flexibility index (Phi) is 7.33. The van der Waals surface area contributed by atoms with Crippen molar-refractivity contribution in [3.05, 3.63) is 218 Å². The molecule has 268 valence electrons. The Balaban J connectivity index is 1.15. The standard InChI is InChI=1S/C58H36/c1-3-15-37(16-4-1)51-31-39-19-7-9-21-41(39)33-53(51)43-27-29-49-55(35-43)45-23-11-13-25-47(45)58-50-30-28-44(36-56(50)46-24-12-14-26-48(46)57(49)58)54-34-42-22-10-8-20-40(42)32-52(54)38-17-5-2-6-18-38/h1-36H. The molecule has 0 heteroatoms. The summed E-state index contributed by atoms with van der Waals surface area (Å²) in [5.41, 5.74) is 9.88. The van der Waals surface area contributed by atoms with Crippen molar-refractivity contribution in [2.45, 2.75) is 0 Å². The van der Waals surface area contributed by atoms with Crippen LogP contribution in [0, 0.1) is 0 Å². The molecule has 0 aromatic heterocycles. The molecule has 58 heavy (non-hydrogen) atoms. The first-order valence-corrected chi connectivity index (χ1v) is 20.2. The van der Waals surface area contributed by atoms with E-state index in [1.165, 1.54) is 120 Å². The first kappa shape index (κ1) is 32.7. The molecule has 0 aliphatic heterocycles. The van der Waals surface area contributed by atoms with Crippen molar-refractivity contribution < 1.29 is 0 Å². The first-order valence-electron chi connectivity index (χ1n) is 20.2. The van der Waals surface area contributed by atoms with Crippen LogP contribution in [-0.2, 0) is 0 Å². The molecule has 0 saturated heterocycles. The Morgan fingerprint density at radius 1 is 0.172 bits per heavy atom. The molecule has 12 rings (SSSR count). The fraction of sp³-hybridized carbons (Fsp3) is 0. The summed E-state index contributed by atoms with van der Waals surface area (Å²) < 4.78 is 0. The Morgan fingerprint density at radius 2 is 0.466 bits per heavy atom. The lowest BCUT2D eigenvalue weighted by Gasteiger charge is -2.19. The van der Waals surface area contributed by atoms with Crippen molar-refractivity contribution in [3.8, 4) is 44.5 Å². The molecule has 0 bridgehead atoms. The fourth-order valence-corrected chi connectivity index (χ4v) is 9.68. The molecule has 0 N–H and O–H groups in total. The molecule has 0 aliphatic carbocycles. The van der Waals surface area contributed by atoms with Gasteiger partial charge in [-0.3, -0.25) is 0 Å². The van der Waals surface area contributed by atoms with Gasteiger partial charge in [0.2, 0.25) is 0 Å². The highest BCUT2D eigenvalue weighted by Crippen LogP contribution is 2.47. The number of hydrogen-bond acceptors (Lipinski definition) is 0. The zero-order valence-electron chi connectivity index (χ0n) is 31.8. The van der Waals surface area contributed by atoms with E-state index in [1.807, 2.05) is 0 Å². The van der Waals surface area contributed by atoms with Gasteiger partial charge in [0.25, 0.3) is 0 Å². The van der Waals surface area contributed by atoms with Crippen molar-refractivity contribution in [3.63, 3.8) is 0 Å². The second kappa shape index (κ2) is 13.0. The summed E-state index contributed by atoms with van der Waals surface area (Å²) in [7, 11) is 0. The van der Waals surface area contributed by atoms with Crippen molar-refractivity contribution in [2.24, 2.45) is 0 Å². The summed E-state index contributed by atoms with van der Waals surface area (Å²) in [4.78, 5) is 0. The summed E-state index contributed by atoms with van der Waals surface area (Å²) in [5, 5.41) is 17.8. The van der Waals surface area contributed by atoms with Crippen LogP contribution in [0.2, 0.25) is 0 Å². The van der Waals surface area contributed by atoms with Gasteiger partial charge >= 0.3 is 0 Å². The minimum absolute atomic E-state index is 1.22. The summed E-state index contributed by atoms with van der Waals surface area (Å²) >= 11 is 0. The number of rotatable bonds is 4. The van der Waals surface area contributed by atoms with E-state index in [0.717, 1.165) is 0 Å². The van der Waals surface area contributed by atoms with Crippen LogP contribution in [-0.4, -0.2) is 0 Å². The lowest BCUT2D eigenvalue weighted by molar-refractivity contribution is 1.62. The van der Waals surface area contributed by atoms with E-state index in [9.17, 15) is 0 Å². The van der Waals surface area contributed by atoms with Crippen LogP contribution in [0.15, 0.2) is 218 Å². The van der Waals surface area contributed by atoms with Crippen LogP contribution in [0.5, 0.6) is 0 Å². The van der Waals surface area contributed by atoms with Crippen molar-refractivity contribution >= 4 is 75.4 Å². The Bertz CT molecular complexity index is 3350. The Morgan fingerprint density at radius 3 is 0.845 bits per heavy atom. The lowest BCUT2D eigenvalue weighted by Crippen LogP contribution is -1.91. The average Bonchev–Trinajstić information content (AvgIpc) is 3.30. The fourth-order valence-electron chi connectivity index (χ4n) is 9.68. The molecule has 0 radical (unpaired) electrons. The zero-order valence-corrected chi connectivity index (χ0v) is 31.8. The van der Waals surface area contributed by atoms with Crippen LogP contribution in [0.1, 0.15) is 0 Å².